The minimum atomic E-state index is -3.41. The van der Waals surface area contributed by atoms with Crippen molar-refractivity contribution in [3.8, 4) is 0 Å². The van der Waals surface area contributed by atoms with Gasteiger partial charge in [0.1, 0.15) is 0 Å². The number of sulfonamides is 1. The molecule has 0 aliphatic heterocycles. The van der Waals surface area contributed by atoms with E-state index >= 15 is 0 Å². The molecule has 0 aromatic heterocycles. The summed E-state index contributed by atoms with van der Waals surface area (Å²) in [6.07, 6.45) is 0. The maximum atomic E-state index is 11.7. The van der Waals surface area contributed by atoms with Gasteiger partial charge in [-0.1, -0.05) is 18.2 Å². The largest absolute Gasteiger partial charge is 0.379 e. The molecule has 5 nitrogen and oxygen atoms in total. The van der Waals surface area contributed by atoms with Gasteiger partial charge in [0.2, 0.25) is 10.0 Å². The minimum Gasteiger partial charge on any atom is -0.379 e. The van der Waals surface area contributed by atoms with Crippen LogP contribution in [0.1, 0.15) is 0 Å². The van der Waals surface area contributed by atoms with Gasteiger partial charge in [-0.3, -0.25) is 0 Å². The third kappa shape index (κ3) is 4.28. The zero-order valence-corrected chi connectivity index (χ0v) is 9.74. The lowest BCUT2D eigenvalue weighted by atomic mass is 10.4. The van der Waals surface area contributed by atoms with Crippen LogP contribution in [0.5, 0.6) is 0 Å². The molecule has 0 heterocycles. The molecule has 0 bridgehead atoms. The van der Waals surface area contributed by atoms with Crippen molar-refractivity contribution in [2.24, 2.45) is 5.73 Å². The summed E-state index contributed by atoms with van der Waals surface area (Å²) in [4.78, 5) is 0.258. The fraction of sp³-hybridized carbons (Fsp3) is 0.400. The first kappa shape index (κ1) is 13.1. The van der Waals surface area contributed by atoms with Gasteiger partial charge in [-0.05, 0) is 12.1 Å². The molecule has 1 aromatic carbocycles. The van der Waals surface area contributed by atoms with E-state index in [0.29, 0.717) is 19.8 Å². The zero-order chi connectivity index (χ0) is 11.9. The predicted molar refractivity (Wildman–Crippen MR) is 61.5 cm³/mol. The number of ether oxygens (including phenoxy) is 1. The Morgan fingerprint density at radius 2 is 1.88 bits per heavy atom. The molecule has 0 spiro atoms. The summed E-state index contributed by atoms with van der Waals surface area (Å²) < 4.78 is 30.8. The van der Waals surface area contributed by atoms with Crippen molar-refractivity contribution in [3.05, 3.63) is 30.3 Å². The van der Waals surface area contributed by atoms with Crippen LogP contribution in [-0.4, -0.2) is 34.7 Å². The van der Waals surface area contributed by atoms with Gasteiger partial charge in [-0.15, -0.1) is 0 Å². The molecule has 0 unspecified atom stereocenters. The van der Waals surface area contributed by atoms with E-state index in [-0.39, 0.29) is 11.4 Å². The van der Waals surface area contributed by atoms with Crippen LogP contribution in [0.4, 0.5) is 0 Å². The molecule has 1 rings (SSSR count). The Hall–Kier alpha value is -0.950. The van der Waals surface area contributed by atoms with E-state index in [1.807, 2.05) is 0 Å². The van der Waals surface area contributed by atoms with Gasteiger partial charge < -0.3 is 10.5 Å². The molecule has 3 N–H and O–H groups in total. The Labute approximate surface area is 95.7 Å². The van der Waals surface area contributed by atoms with Gasteiger partial charge in [0.05, 0.1) is 18.1 Å². The number of rotatable bonds is 7. The summed E-state index contributed by atoms with van der Waals surface area (Å²) in [7, 11) is -3.41. The number of nitrogens with one attached hydrogen (secondary N) is 1. The monoisotopic (exact) mass is 244 g/mol. The summed E-state index contributed by atoms with van der Waals surface area (Å²) in [6.45, 7) is 1.44. The maximum Gasteiger partial charge on any atom is 0.240 e. The van der Waals surface area contributed by atoms with Gasteiger partial charge in [0, 0.05) is 13.1 Å². The molecular formula is C10H16N2O3S. The van der Waals surface area contributed by atoms with Crippen molar-refractivity contribution in [1.82, 2.24) is 4.72 Å². The highest BCUT2D eigenvalue weighted by atomic mass is 32.2. The van der Waals surface area contributed by atoms with E-state index in [1.165, 1.54) is 0 Å². The Morgan fingerprint density at radius 1 is 1.19 bits per heavy atom. The fourth-order valence-corrected chi connectivity index (χ4v) is 2.15. The van der Waals surface area contributed by atoms with Gasteiger partial charge in [0.15, 0.2) is 0 Å². The highest BCUT2D eigenvalue weighted by molar-refractivity contribution is 7.89. The molecule has 6 heteroatoms. The van der Waals surface area contributed by atoms with Crippen molar-refractivity contribution < 1.29 is 13.2 Å². The van der Waals surface area contributed by atoms with Crippen LogP contribution < -0.4 is 10.5 Å². The molecule has 16 heavy (non-hydrogen) atoms. The third-order valence-corrected chi connectivity index (χ3v) is 3.33. The minimum absolute atomic E-state index is 0.247. The van der Waals surface area contributed by atoms with Crippen molar-refractivity contribution in [1.29, 1.82) is 0 Å². The van der Waals surface area contributed by atoms with E-state index in [2.05, 4.69) is 4.72 Å². The Balaban J connectivity index is 2.41. The van der Waals surface area contributed by atoms with E-state index < -0.39 is 10.0 Å². The average Bonchev–Trinajstić information content (AvgIpc) is 2.30. The molecular weight excluding hydrogens is 228 g/mol. The fourth-order valence-electron chi connectivity index (χ4n) is 1.12. The SMILES string of the molecule is NCCOCCNS(=O)(=O)c1ccccc1. The van der Waals surface area contributed by atoms with Crippen LogP contribution in [0.2, 0.25) is 0 Å². The van der Waals surface area contributed by atoms with Gasteiger partial charge >= 0.3 is 0 Å². The molecule has 0 saturated heterocycles. The summed E-state index contributed by atoms with van der Waals surface area (Å²) in [5, 5.41) is 0. The topological polar surface area (TPSA) is 81.4 Å². The smallest absolute Gasteiger partial charge is 0.240 e. The van der Waals surface area contributed by atoms with Crippen molar-refractivity contribution >= 4 is 10.0 Å². The van der Waals surface area contributed by atoms with Gasteiger partial charge in [-0.25, -0.2) is 13.1 Å². The summed E-state index contributed by atoms with van der Waals surface area (Å²) >= 11 is 0. The number of benzene rings is 1. The standard InChI is InChI=1S/C10H16N2O3S/c11-6-8-15-9-7-12-16(13,14)10-4-2-1-3-5-10/h1-5,12H,6-9,11H2. The number of hydrogen-bond acceptors (Lipinski definition) is 4. The van der Waals surface area contributed by atoms with Crippen LogP contribution >= 0.6 is 0 Å². The van der Waals surface area contributed by atoms with Gasteiger partial charge in [-0.2, -0.15) is 0 Å². The molecule has 0 amide bonds. The molecule has 0 aliphatic carbocycles. The lowest BCUT2D eigenvalue weighted by Gasteiger charge is -2.06. The van der Waals surface area contributed by atoms with E-state index in [1.54, 1.807) is 30.3 Å². The van der Waals surface area contributed by atoms with Crippen molar-refractivity contribution in [2.45, 2.75) is 4.90 Å². The molecule has 0 fully saturated rings. The number of nitrogens with two attached hydrogens (primary N) is 1. The van der Waals surface area contributed by atoms with E-state index in [4.69, 9.17) is 10.5 Å². The molecule has 0 atom stereocenters. The Kier molecular flexibility index (Phi) is 5.41. The second-order valence-corrected chi connectivity index (χ2v) is 4.88. The van der Waals surface area contributed by atoms with E-state index in [9.17, 15) is 8.42 Å². The number of hydrogen-bond donors (Lipinski definition) is 2. The average molecular weight is 244 g/mol. The first-order valence-corrected chi connectivity index (χ1v) is 6.47. The quantitative estimate of drug-likeness (QED) is 0.658. The zero-order valence-electron chi connectivity index (χ0n) is 8.93. The second kappa shape index (κ2) is 6.59. The third-order valence-electron chi connectivity index (χ3n) is 1.85. The summed E-state index contributed by atoms with van der Waals surface area (Å²) in [5.74, 6) is 0. The highest BCUT2D eigenvalue weighted by Crippen LogP contribution is 2.06. The van der Waals surface area contributed by atoms with Crippen LogP contribution in [0.25, 0.3) is 0 Å². The maximum absolute atomic E-state index is 11.7. The first-order valence-electron chi connectivity index (χ1n) is 4.99. The van der Waals surface area contributed by atoms with Crippen molar-refractivity contribution in [2.75, 3.05) is 26.3 Å². The second-order valence-electron chi connectivity index (χ2n) is 3.11. The summed E-state index contributed by atoms with van der Waals surface area (Å²) in [6, 6.07) is 8.22. The van der Waals surface area contributed by atoms with E-state index in [0.717, 1.165) is 0 Å². The van der Waals surface area contributed by atoms with Gasteiger partial charge in [0.25, 0.3) is 0 Å². The first-order chi connectivity index (χ1) is 7.67. The lowest BCUT2D eigenvalue weighted by Crippen LogP contribution is -2.28. The Bertz CT molecular complexity index is 392. The van der Waals surface area contributed by atoms with Crippen LogP contribution in [0.15, 0.2) is 35.2 Å². The van der Waals surface area contributed by atoms with Crippen molar-refractivity contribution in [3.63, 3.8) is 0 Å². The van der Waals surface area contributed by atoms with Crippen LogP contribution in [-0.2, 0) is 14.8 Å². The lowest BCUT2D eigenvalue weighted by molar-refractivity contribution is 0.147. The van der Waals surface area contributed by atoms with Crippen LogP contribution in [0.3, 0.4) is 0 Å². The Morgan fingerprint density at radius 3 is 2.50 bits per heavy atom. The molecule has 1 aromatic rings. The molecule has 0 radical (unpaired) electrons. The summed E-state index contributed by atoms with van der Waals surface area (Å²) in [5.41, 5.74) is 5.22. The molecule has 0 aliphatic rings. The predicted octanol–water partition coefficient (Wildman–Crippen LogP) is -0.0598. The molecule has 0 saturated carbocycles. The van der Waals surface area contributed by atoms with Crippen LogP contribution in [0, 0.1) is 0 Å². The normalized spacial score (nSPS) is 11.6. The highest BCUT2D eigenvalue weighted by Gasteiger charge is 2.11. The molecule has 90 valence electrons.